The van der Waals surface area contributed by atoms with E-state index in [4.69, 9.17) is 14.5 Å². The SMILES string of the molecule is CCCCCCCCCCCCCC(=O)NCC[N+](C)(C)Cc1nc(C)c2c(c1CO)COC(C)(C)O2.[Cl-]. The molecule has 1 amide bonds. The van der Waals surface area contributed by atoms with E-state index in [0.717, 1.165) is 47.7 Å². The molecule has 1 aromatic heterocycles. The first-order valence-corrected chi connectivity index (χ1v) is 14.6. The molecular weight excluding hydrogens is 502 g/mol. The molecule has 0 radical (unpaired) electrons. The van der Waals surface area contributed by atoms with Gasteiger partial charge in [-0.3, -0.25) is 4.79 Å². The third kappa shape index (κ3) is 12.2. The fourth-order valence-electron chi connectivity index (χ4n) is 5.00. The van der Waals surface area contributed by atoms with Gasteiger partial charge in [-0.25, -0.2) is 4.98 Å². The van der Waals surface area contributed by atoms with Gasteiger partial charge in [0, 0.05) is 31.4 Å². The van der Waals surface area contributed by atoms with Crippen LogP contribution in [0.4, 0.5) is 0 Å². The zero-order valence-corrected chi connectivity index (χ0v) is 25.7. The number of unbranched alkanes of at least 4 members (excludes halogenated alkanes) is 10. The molecule has 0 aromatic carbocycles. The Kier molecular flexibility index (Phi) is 15.8. The molecule has 1 aliphatic rings. The third-order valence-corrected chi connectivity index (χ3v) is 7.31. The Morgan fingerprint density at radius 1 is 1.03 bits per heavy atom. The van der Waals surface area contributed by atoms with Gasteiger partial charge in [-0.15, -0.1) is 0 Å². The lowest BCUT2D eigenvalue weighted by Crippen LogP contribution is -3.00. The molecule has 0 atom stereocenters. The molecule has 0 unspecified atom stereocenters. The Bertz CT molecular complexity index is 845. The van der Waals surface area contributed by atoms with Crippen molar-refractivity contribution in [2.45, 2.75) is 130 Å². The summed E-state index contributed by atoms with van der Waals surface area (Å²) in [5.41, 5.74) is 3.37. The highest BCUT2D eigenvalue weighted by Crippen LogP contribution is 2.37. The monoisotopic (exact) mass is 555 g/mol. The highest BCUT2D eigenvalue weighted by atomic mass is 35.5. The molecule has 0 saturated carbocycles. The fourth-order valence-corrected chi connectivity index (χ4v) is 5.00. The highest BCUT2D eigenvalue weighted by molar-refractivity contribution is 5.75. The van der Waals surface area contributed by atoms with Gasteiger partial charge in [0.2, 0.25) is 11.7 Å². The van der Waals surface area contributed by atoms with Gasteiger partial charge in [-0.05, 0) is 13.3 Å². The summed E-state index contributed by atoms with van der Waals surface area (Å²) < 4.78 is 12.5. The van der Waals surface area contributed by atoms with E-state index in [1.165, 1.54) is 57.8 Å². The number of nitrogens with zero attached hydrogens (tertiary/aromatic N) is 2. The number of aryl methyl sites for hydroxylation is 1. The van der Waals surface area contributed by atoms with Gasteiger partial charge < -0.3 is 36.8 Å². The lowest BCUT2D eigenvalue weighted by atomic mass is 10.0. The number of hydrogen-bond acceptors (Lipinski definition) is 5. The summed E-state index contributed by atoms with van der Waals surface area (Å²) in [7, 11) is 4.26. The lowest BCUT2D eigenvalue weighted by Gasteiger charge is -2.35. The molecule has 1 aliphatic heterocycles. The van der Waals surface area contributed by atoms with E-state index in [-0.39, 0.29) is 24.9 Å². The van der Waals surface area contributed by atoms with E-state index in [2.05, 4.69) is 26.3 Å². The van der Waals surface area contributed by atoms with Crippen LogP contribution >= 0.6 is 0 Å². The van der Waals surface area contributed by atoms with Crippen LogP contribution in [0, 0.1) is 6.92 Å². The molecule has 8 heteroatoms. The molecule has 1 aromatic rings. The highest BCUT2D eigenvalue weighted by Gasteiger charge is 2.33. The number of pyridine rings is 1. The Balaban J connectivity index is 0.00000722. The van der Waals surface area contributed by atoms with Crippen LogP contribution in [0.5, 0.6) is 5.75 Å². The first kappa shape index (κ1) is 34.6. The van der Waals surface area contributed by atoms with Crippen molar-refractivity contribution in [3.05, 3.63) is 22.5 Å². The molecule has 2 rings (SSSR count). The summed E-state index contributed by atoms with van der Waals surface area (Å²) in [4.78, 5) is 17.1. The van der Waals surface area contributed by atoms with Crippen LogP contribution in [0.3, 0.4) is 0 Å². The van der Waals surface area contributed by atoms with Crippen molar-refractivity contribution in [1.29, 1.82) is 0 Å². The number of ether oxygens (including phenoxy) is 2. The van der Waals surface area contributed by atoms with Gasteiger partial charge in [-0.2, -0.15) is 0 Å². The molecule has 220 valence electrons. The van der Waals surface area contributed by atoms with Crippen LogP contribution in [0.2, 0.25) is 0 Å². The van der Waals surface area contributed by atoms with Crippen molar-refractivity contribution >= 4 is 5.91 Å². The van der Waals surface area contributed by atoms with Crippen molar-refractivity contribution in [3.63, 3.8) is 0 Å². The molecular formula is C30H54ClN3O4. The average Bonchev–Trinajstić information content (AvgIpc) is 2.82. The number of carbonyl (C=O) groups excluding carboxylic acids is 1. The molecule has 0 spiro atoms. The fraction of sp³-hybridized carbons (Fsp3) is 0.800. The smallest absolute Gasteiger partial charge is 0.220 e. The lowest BCUT2D eigenvalue weighted by molar-refractivity contribution is -0.902. The van der Waals surface area contributed by atoms with E-state index < -0.39 is 5.79 Å². The maximum absolute atomic E-state index is 12.3. The number of quaternary nitrogens is 1. The molecule has 0 aliphatic carbocycles. The number of fused-ring (bicyclic) bond motifs is 1. The van der Waals surface area contributed by atoms with Gasteiger partial charge in [0.05, 0.1) is 46.1 Å². The second-order valence-electron chi connectivity index (χ2n) is 11.8. The predicted molar refractivity (Wildman–Crippen MR) is 149 cm³/mol. The van der Waals surface area contributed by atoms with Gasteiger partial charge >= 0.3 is 0 Å². The Labute approximate surface area is 238 Å². The average molecular weight is 556 g/mol. The van der Waals surface area contributed by atoms with E-state index in [9.17, 15) is 9.90 Å². The second-order valence-corrected chi connectivity index (χ2v) is 11.8. The number of rotatable bonds is 18. The van der Waals surface area contributed by atoms with Crippen LogP contribution in [0.25, 0.3) is 0 Å². The molecule has 2 N–H and O–H groups in total. The van der Waals surface area contributed by atoms with Gasteiger partial charge in [0.25, 0.3) is 0 Å². The molecule has 0 saturated heterocycles. The van der Waals surface area contributed by atoms with Crippen molar-refractivity contribution in [3.8, 4) is 5.75 Å². The van der Waals surface area contributed by atoms with Crippen molar-refractivity contribution in [2.75, 3.05) is 27.2 Å². The standard InChI is InChI=1S/C30H53N3O4.ClH/c1-7-8-9-10-11-12-13-14-15-16-17-18-28(35)31-19-20-33(5,6)21-27-25(22-34)26-23-36-30(3,4)37-29(26)24(2)32-27;/h34H,7-23H2,1-6H3;1H. The number of aromatic nitrogens is 1. The van der Waals surface area contributed by atoms with Crippen LogP contribution in [-0.2, 0) is 29.3 Å². The van der Waals surface area contributed by atoms with E-state index in [1.54, 1.807) is 0 Å². The minimum absolute atomic E-state index is 0. The number of aliphatic hydroxyl groups is 1. The normalized spacial score (nSPS) is 14.4. The van der Waals surface area contributed by atoms with Crippen LogP contribution < -0.4 is 22.5 Å². The van der Waals surface area contributed by atoms with Crippen LogP contribution in [0.1, 0.15) is 120 Å². The molecule has 0 fully saturated rings. The summed E-state index contributed by atoms with van der Waals surface area (Å²) in [6.07, 6.45) is 14.8. The minimum atomic E-state index is -0.700. The van der Waals surface area contributed by atoms with Crippen molar-refractivity contribution in [1.82, 2.24) is 10.3 Å². The Hall–Kier alpha value is -1.41. The Morgan fingerprint density at radius 2 is 1.61 bits per heavy atom. The number of aliphatic hydroxyl groups excluding tert-OH is 1. The van der Waals surface area contributed by atoms with Gasteiger partial charge in [0.15, 0.2) is 0 Å². The van der Waals surface area contributed by atoms with Crippen LogP contribution in [-0.4, -0.2) is 53.5 Å². The Morgan fingerprint density at radius 3 is 2.18 bits per heavy atom. The van der Waals surface area contributed by atoms with Crippen molar-refractivity contribution in [2.24, 2.45) is 0 Å². The number of nitrogens with one attached hydrogen (secondary N) is 1. The molecule has 7 nitrogen and oxygen atoms in total. The van der Waals surface area contributed by atoms with Crippen molar-refractivity contribution < 1.29 is 36.3 Å². The number of hydrogen-bond donors (Lipinski definition) is 2. The summed E-state index contributed by atoms with van der Waals surface area (Å²) >= 11 is 0. The maximum atomic E-state index is 12.3. The molecule has 38 heavy (non-hydrogen) atoms. The number of halogens is 1. The van der Waals surface area contributed by atoms with E-state index >= 15 is 0 Å². The van der Waals surface area contributed by atoms with Gasteiger partial charge in [0.1, 0.15) is 18.0 Å². The topological polar surface area (TPSA) is 80.7 Å². The first-order valence-electron chi connectivity index (χ1n) is 14.6. The number of likely N-dealkylation sites (N-methyl/N-ethyl adjacent to an activating group) is 1. The number of carbonyl (C=O) groups is 1. The van der Waals surface area contributed by atoms with E-state index in [1.807, 2.05) is 20.8 Å². The largest absolute Gasteiger partial charge is 1.00 e. The minimum Gasteiger partial charge on any atom is -1.00 e. The summed E-state index contributed by atoms with van der Waals surface area (Å²) in [6, 6.07) is 0. The number of amides is 1. The van der Waals surface area contributed by atoms with E-state index in [0.29, 0.717) is 30.6 Å². The quantitative estimate of drug-likeness (QED) is 0.215. The maximum Gasteiger partial charge on any atom is 0.220 e. The zero-order chi connectivity index (χ0) is 27.3. The first-order chi connectivity index (χ1) is 17.6. The van der Waals surface area contributed by atoms with Gasteiger partial charge in [-0.1, -0.05) is 71.1 Å². The zero-order valence-electron chi connectivity index (χ0n) is 25.0. The predicted octanol–water partition coefficient (Wildman–Crippen LogP) is 2.93. The summed E-state index contributed by atoms with van der Waals surface area (Å²) in [5, 5.41) is 13.2. The molecule has 0 bridgehead atoms. The summed E-state index contributed by atoms with van der Waals surface area (Å²) in [6.45, 7) is 10.3. The second kappa shape index (κ2) is 17.3. The third-order valence-electron chi connectivity index (χ3n) is 7.31. The summed E-state index contributed by atoms with van der Waals surface area (Å²) in [5.74, 6) is 0.171. The van der Waals surface area contributed by atoms with Crippen LogP contribution in [0.15, 0.2) is 0 Å². The molecule has 2 heterocycles.